The van der Waals surface area contributed by atoms with Crippen molar-refractivity contribution in [3.05, 3.63) is 91.3 Å². The first-order chi connectivity index (χ1) is 34.9. The number of carbonyl (C=O) groups is 2. The first-order valence-electron chi connectivity index (χ1n) is 24.9. The number of anilines is 5. The predicted molar refractivity (Wildman–Crippen MR) is 280 cm³/mol. The second kappa shape index (κ2) is 22.5. The number of rotatable bonds is 11. The van der Waals surface area contributed by atoms with Crippen molar-refractivity contribution in [2.45, 2.75) is 107 Å². The van der Waals surface area contributed by atoms with Crippen LogP contribution in [0.3, 0.4) is 0 Å². The minimum Gasteiger partial charge on any atom is -0.370 e. The summed E-state index contributed by atoms with van der Waals surface area (Å²) in [5, 5.41) is 16.3. The Balaban J connectivity index is 0.000000176. The lowest BCUT2D eigenvalue weighted by molar-refractivity contribution is 0.255. The summed E-state index contributed by atoms with van der Waals surface area (Å²) < 4.78 is 66.4. The zero-order valence-electron chi connectivity index (χ0n) is 42.3. The van der Waals surface area contributed by atoms with E-state index in [1.807, 2.05) is 61.1 Å². The quantitative estimate of drug-likeness (QED) is 0.119. The molecule has 3 saturated heterocycles. The zero-order valence-corrected chi connectivity index (χ0v) is 43.9. The molecule has 4 fully saturated rings. The smallest absolute Gasteiger partial charge is 0.330 e. The van der Waals surface area contributed by atoms with Gasteiger partial charge in [-0.25, -0.2) is 40.8 Å². The number of urea groups is 2. The van der Waals surface area contributed by atoms with Gasteiger partial charge in [-0.2, -0.15) is 0 Å². The molecule has 0 atom stereocenters. The molecule has 19 nitrogen and oxygen atoms in total. The van der Waals surface area contributed by atoms with Crippen molar-refractivity contribution in [3.63, 3.8) is 0 Å². The van der Waals surface area contributed by atoms with Crippen LogP contribution in [-0.2, 0) is 19.7 Å². The highest BCUT2D eigenvalue weighted by atomic mass is 32.2. The molecular formula is C51H64FN13O6S2. The van der Waals surface area contributed by atoms with Crippen LogP contribution < -0.4 is 24.5 Å². The molecule has 0 radical (unpaired) electrons. The fourth-order valence-corrected chi connectivity index (χ4v) is 11.0. The van der Waals surface area contributed by atoms with Gasteiger partial charge in [0.05, 0.1) is 10.6 Å². The van der Waals surface area contributed by atoms with Crippen LogP contribution in [0.25, 0.3) is 23.0 Å². The SMILES string of the molecule is C1CCCCC1.CC(C)n1cnnc1-c1cccc(N2CCN(c3ccc(S(C)(=O)=O)c(F)c3)C2=O)n1.CC(C)n1cnnc1-c1cccc(N2CCN(c3ccc(S(C)(=O)=O)c(N4CCCCC4)c3)C2=O)n1. The third-order valence-electron chi connectivity index (χ3n) is 13.2. The number of nitrogens with zero attached hydrogens (tertiary/aromatic N) is 13. The normalized spacial score (nSPS) is 16.5. The van der Waals surface area contributed by atoms with E-state index < -0.39 is 30.4 Å². The molecule has 2 aromatic carbocycles. The van der Waals surface area contributed by atoms with Gasteiger partial charge in [0.15, 0.2) is 31.3 Å². The minimum absolute atomic E-state index is 0.143. The molecular weight excluding hydrogens is 974 g/mol. The van der Waals surface area contributed by atoms with Gasteiger partial charge < -0.3 is 14.0 Å². The lowest BCUT2D eigenvalue weighted by Gasteiger charge is -2.31. The molecule has 73 heavy (non-hydrogen) atoms. The van der Waals surface area contributed by atoms with Crippen LogP contribution in [-0.4, -0.2) is 120 Å². The molecule has 10 rings (SSSR count). The van der Waals surface area contributed by atoms with Gasteiger partial charge in [-0.15, -0.1) is 20.4 Å². The molecule has 6 aromatic rings. The molecule has 4 aromatic heterocycles. The van der Waals surface area contributed by atoms with E-state index in [1.165, 1.54) is 66.7 Å². The van der Waals surface area contributed by atoms with Gasteiger partial charge in [0, 0.05) is 75.2 Å². The molecule has 0 N–H and O–H groups in total. The Morgan fingerprint density at radius 3 is 1.34 bits per heavy atom. The van der Waals surface area contributed by atoms with Crippen LogP contribution in [0.5, 0.6) is 0 Å². The Hall–Kier alpha value is -6.81. The minimum atomic E-state index is -3.69. The highest BCUT2D eigenvalue weighted by Crippen LogP contribution is 2.35. The van der Waals surface area contributed by atoms with E-state index in [9.17, 15) is 30.8 Å². The summed E-state index contributed by atoms with van der Waals surface area (Å²) in [5.74, 6) is 1.34. The van der Waals surface area contributed by atoms with Crippen LogP contribution in [0.4, 0.5) is 42.7 Å². The number of aromatic nitrogens is 8. The molecule has 3 aliphatic heterocycles. The molecule has 22 heteroatoms. The molecule has 1 saturated carbocycles. The highest BCUT2D eigenvalue weighted by molar-refractivity contribution is 7.91. The Morgan fingerprint density at radius 1 is 0.507 bits per heavy atom. The van der Waals surface area contributed by atoms with Gasteiger partial charge in [0.25, 0.3) is 0 Å². The fourth-order valence-electron chi connectivity index (χ4n) is 9.37. The van der Waals surface area contributed by atoms with Crippen molar-refractivity contribution >= 4 is 60.4 Å². The number of pyridine rings is 2. The van der Waals surface area contributed by atoms with Crippen LogP contribution >= 0.6 is 0 Å². The lowest BCUT2D eigenvalue weighted by Crippen LogP contribution is -2.33. The van der Waals surface area contributed by atoms with Crippen molar-refractivity contribution in [2.75, 3.05) is 76.3 Å². The maximum Gasteiger partial charge on any atom is 0.330 e. The monoisotopic (exact) mass is 1040 g/mol. The fraction of sp³-hybridized carbons (Fsp3) is 0.451. The summed E-state index contributed by atoms with van der Waals surface area (Å²) >= 11 is 0. The molecule has 4 amide bonds. The Labute approximate surface area is 426 Å². The van der Waals surface area contributed by atoms with Crippen LogP contribution in [0.1, 0.15) is 97.6 Å². The number of piperidine rings is 1. The maximum atomic E-state index is 14.3. The standard InChI is InChI=1S/C25H31N7O3S.C20H21FN6O3S.C6H12/c1-18(2)32-17-26-28-24(32)20-8-7-9-23(27-20)31-15-14-30(25(31)33)19-10-11-22(36(3,34)35)21(16-19)29-12-5-4-6-13-29;1-13(2)27-12-22-24-19(27)16-5-4-6-18(23-16)26-10-9-25(20(26)28)14-7-8-17(15(21)11-14)31(3,29)30;1-2-4-6-5-3-1/h7-11,16-18H,4-6,12-15H2,1-3H3;4-8,11-13H,9-10H2,1-3H3;1-6H2. The predicted octanol–water partition coefficient (Wildman–Crippen LogP) is 9.01. The van der Waals surface area contributed by atoms with E-state index in [2.05, 4.69) is 30.3 Å². The number of hydrogen-bond acceptors (Lipinski definition) is 13. The van der Waals surface area contributed by atoms with Crippen LogP contribution in [0.15, 0.2) is 95.2 Å². The van der Waals surface area contributed by atoms with Crippen molar-refractivity contribution in [3.8, 4) is 23.0 Å². The second-order valence-electron chi connectivity index (χ2n) is 19.2. The van der Waals surface area contributed by atoms with Crippen LogP contribution in [0.2, 0.25) is 0 Å². The molecule has 0 unspecified atom stereocenters. The molecule has 0 bridgehead atoms. The summed E-state index contributed by atoms with van der Waals surface area (Å²) in [6.07, 6.45) is 17.7. The first kappa shape index (κ1) is 52.5. The van der Waals surface area contributed by atoms with Crippen LogP contribution in [0, 0.1) is 5.82 Å². The Morgan fingerprint density at radius 2 is 0.918 bits per heavy atom. The van der Waals surface area contributed by atoms with Gasteiger partial charge in [-0.3, -0.25) is 19.6 Å². The van der Waals surface area contributed by atoms with Crippen molar-refractivity contribution in [1.29, 1.82) is 0 Å². The van der Waals surface area contributed by atoms with Gasteiger partial charge in [0.2, 0.25) is 0 Å². The zero-order chi connectivity index (χ0) is 52.0. The van der Waals surface area contributed by atoms with E-state index in [0.717, 1.165) is 44.7 Å². The first-order valence-corrected chi connectivity index (χ1v) is 28.7. The number of sulfone groups is 2. The average molecular weight is 1040 g/mol. The molecule has 388 valence electrons. The Kier molecular flexibility index (Phi) is 16.2. The number of amides is 4. The van der Waals surface area contributed by atoms with Gasteiger partial charge in [-0.05, 0) is 108 Å². The van der Waals surface area contributed by atoms with E-state index >= 15 is 0 Å². The van der Waals surface area contributed by atoms with Gasteiger partial charge in [-0.1, -0.05) is 50.7 Å². The molecule has 1 aliphatic carbocycles. The summed E-state index contributed by atoms with van der Waals surface area (Å²) in [4.78, 5) is 44.0. The summed E-state index contributed by atoms with van der Waals surface area (Å²) in [7, 11) is -7.09. The van der Waals surface area contributed by atoms with E-state index in [0.29, 0.717) is 77.1 Å². The van der Waals surface area contributed by atoms with Crippen molar-refractivity contribution < 1.29 is 30.8 Å². The van der Waals surface area contributed by atoms with E-state index in [-0.39, 0.29) is 29.8 Å². The maximum absolute atomic E-state index is 14.3. The number of carbonyl (C=O) groups excluding carboxylic acids is 2. The number of benzene rings is 2. The third-order valence-corrected chi connectivity index (χ3v) is 15.5. The largest absolute Gasteiger partial charge is 0.370 e. The van der Waals surface area contributed by atoms with E-state index in [4.69, 9.17) is 4.98 Å². The third kappa shape index (κ3) is 12.0. The number of hydrogen-bond donors (Lipinski definition) is 0. The highest BCUT2D eigenvalue weighted by Gasteiger charge is 2.35. The summed E-state index contributed by atoms with van der Waals surface area (Å²) in [6.45, 7) is 11.3. The summed E-state index contributed by atoms with van der Waals surface area (Å²) in [5.41, 5.74) is 2.88. The molecule has 4 aliphatic rings. The van der Waals surface area contributed by atoms with Crippen molar-refractivity contribution in [1.82, 2.24) is 39.5 Å². The molecule has 7 heterocycles. The summed E-state index contributed by atoms with van der Waals surface area (Å²) in [6, 6.07) is 19.4. The average Bonchev–Trinajstić information content (AvgIpc) is 4.22. The van der Waals surface area contributed by atoms with Gasteiger partial charge in [0.1, 0.15) is 46.4 Å². The lowest BCUT2D eigenvalue weighted by atomic mass is 10.0. The second-order valence-corrected chi connectivity index (χ2v) is 23.2. The van der Waals surface area contributed by atoms with E-state index in [1.54, 1.807) is 52.8 Å². The Bertz CT molecular complexity index is 3140. The molecule has 0 spiro atoms. The number of halogens is 1. The van der Waals surface area contributed by atoms with Gasteiger partial charge >= 0.3 is 12.1 Å². The van der Waals surface area contributed by atoms with Crippen molar-refractivity contribution in [2.24, 2.45) is 0 Å². The topological polar surface area (TPSA) is 206 Å².